The first-order valence-electron chi connectivity index (χ1n) is 12.9. The van der Waals surface area contributed by atoms with Gasteiger partial charge in [-0.3, -0.25) is 5.41 Å². The lowest BCUT2D eigenvalue weighted by atomic mass is 9.89. The summed E-state index contributed by atoms with van der Waals surface area (Å²) in [4.78, 5) is 10.8. The quantitative estimate of drug-likeness (QED) is 0.235. The largest absolute Gasteiger partial charge is 0.488 e. The molecule has 2 aliphatic rings. The molecule has 2 aromatic rings. The SMILES string of the molecule is CN/C=C(/Nc1nc(Nc2cc(F)c(C3CCN(C)CC3)cc2OC2CC2)ncc1Cl)C(=N)S(=O)(=O)C(C)C. The van der Waals surface area contributed by atoms with Crippen LogP contribution in [-0.2, 0) is 9.84 Å². The summed E-state index contributed by atoms with van der Waals surface area (Å²) in [7, 11) is -0.223. The number of hydrogen-bond donors (Lipinski definition) is 4. The summed E-state index contributed by atoms with van der Waals surface area (Å²) in [6, 6.07) is 3.20. The van der Waals surface area contributed by atoms with Gasteiger partial charge < -0.3 is 25.6 Å². The van der Waals surface area contributed by atoms with Gasteiger partial charge in [0.05, 0.1) is 28.9 Å². The van der Waals surface area contributed by atoms with Crippen molar-refractivity contribution in [1.82, 2.24) is 20.2 Å². The van der Waals surface area contributed by atoms with Crippen molar-refractivity contribution in [3.05, 3.63) is 46.6 Å². The fourth-order valence-corrected chi connectivity index (χ4v) is 5.24. The monoisotopic (exact) mass is 579 g/mol. The fourth-order valence-electron chi connectivity index (χ4n) is 4.22. The Morgan fingerprint density at radius 3 is 2.56 bits per heavy atom. The third-order valence-corrected chi connectivity index (χ3v) is 9.06. The molecule has 1 aromatic carbocycles. The Kier molecular flexibility index (Phi) is 8.97. The smallest absolute Gasteiger partial charge is 0.229 e. The van der Waals surface area contributed by atoms with Gasteiger partial charge in [-0.1, -0.05) is 11.6 Å². The minimum absolute atomic E-state index is 0.0379. The zero-order valence-electron chi connectivity index (χ0n) is 22.5. The van der Waals surface area contributed by atoms with E-state index in [0.29, 0.717) is 17.0 Å². The normalized spacial score (nSPS) is 17.3. The molecule has 1 saturated carbocycles. The van der Waals surface area contributed by atoms with Gasteiger partial charge in [0.1, 0.15) is 16.6 Å². The minimum atomic E-state index is -3.87. The molecule has 2 heterocycles. The molecule has 0 amide bonds. The van der Waals surface area contributed by atoms with Crippen molar-refractivity contribution in [2.75, 3.05) is 37.8 Å². The highest BCUT2D eigenvalue weighted by atomic mass is 35.5. The second-order valence-corrected chi connectivity index (χ2v) is 13.0. The first kappa shape index (κ1) is 29.0. The van der Waals surface area contributed by atoms with E-state index in [0.717, 1.165) is 38.8 Å². The van der Waals surface area contributed by atoms with Gasteiger partial charge in [-0.15, -0.1) is 0 Å². The molecule has 39 heavy (non-hydrogen) atoms. The standard InChI is InChI=1S/C26H35ClFN7O3S/c1-15(2)39(36,37)24(29)22(14-30-3)32-25-19(27)13-31-26(34-25)33-21-12-20(28)18(11-23(21)38-17-5-6-17)16-7-9-35(4)10-8-16/h11-17,29-30H,5-10H2,1-4H3,(H2,31,32,33,34)/b22-14+,29-24?. The van der Waals surface area contributed by atoms with E-state index >= 15 is 4.39 Å². The van der Waals surface area contributed by atoms with Crippen molar-refractivity contribution in [3.8, 4) is 5.75 Å². The summed E-state index contributed by atoms with van der Waals surface area (Å²) >= 11 is 6.30. The van der Waals surface area contributed by atoms with Gasteiger partial charge in [0.2, 0.25) is 5.95 Å². The van der Waals surface area contributed by atoms with Crippen LogP contribution in [-0.4, -0.2) is 66.9 Å². The molecular weight excluding hydrogens is 545 g/mol. The average molecular weight is 580 g/mol. The highest BCUT2D eigenvalue weighted by Gasteiger charge is 2.29. The number of sulfone groups is 1. The summed E-state index contributed by atoms with van der Waals surface area (Å²) in [5, 5.41) is 15.5. The van der Waals surface area contributed by atoms with Gasteiger partial charge in [-0.05, 0) is 77.2 Å². The summed E-state index contributed by atoms with van der Waals surface area (Å²) in [6.45, 7) is 4.83. The maximum absolute atomic E-state index is 15.4. The van der Waals surface area contributed by atoms with Crippen LogP contribution < -0.4 is 20.7 Å². The Labute approximate surface area is 233 Å². The van der Waals surface area contributed by atoms with Crippen LogP contribution in [0, 0.1) is 11.2 Å². The molecule has 1 saturated heterocycles. The van der Waals surface area contributed by atoms with Crippen LogP contribution in [0.3, 0.4) is 0 Å². The van der Waals surface area contributed by atoms with Crippen LogP contribution >= 0.6 is 11.6 Å². The molecule has 0 atom stereocenters. The lowest BCUT2D eigenvalue weighted by molar-refractivity contribution is 0.252. The summed E-state index contributed by atoms with van der Waals surface area (Å²) in [6.07, 6.45) is 6.40. The predicted octanol–water partition coefficient (Wildman–Crippen LogP) is 4.64. The Balaban J connectivity index is 1.61. The van der Waals surface area contributed by atoms with E-state index in [4.69, 9.17) is 21.7 Å². The first-order chi connectivity index (χ1) is 18.5. The molecule has 10 nitrogen and oxygen atoms in total. The molecule has 1 aliphatic carbocycles. The molecule has 0 spiro atoms. The molecule has 2 fully saturated rings. The van der Waals surface area contributed by atoms with Crippen LogP contribution in [0.15, 0.2) is 30.2 Å². The van der Waals surface area contributed by atoms with Crippen LogP contribution in [0.25, 0.3) is 0 Å². The fraction of sp³-hybridized carbons (Fsp3) is 0.500. The second kappa shape index (κ2) is 12.1. The van der Waals surface area contributed by atoms with Crippen molar-refractivity contribution in [1.29, 1.82) is 5.41 Å². The van der Waals surface area contributed by atoms with Crippen molar-refractivity contribution >= 4 is 43.9 Å². The number of nitrogens with zero attached hydrogens (tertiary/aromatic N) is 3. The van der Waals surface area contributed by atoms with E-state index in [1.165, 1.54) is 32.3 Å². The van der Waals surface area contributed by atoms with Crippen molar-refractivity contribution in [2.24, 2.45) is 0 Å². The van der Waals surface area contributed by atoms with E-state index in [-0.39, 0.29) is 40.3 Å². The van der Waals surface area contributed by atoms with E-state index in [9.17, 15) is 8.42 Å². The third-order valence-electron chi connectivity index (χ3n) is 6.76. The lowest BCUT2D eigenvalue weighted by Gasteiger charge is -2.30. The summed E-state index contributed by atoms with van der Waals surface area (Å²) < 4.78 is 46.7. The van der Waals surface area contributed by atoms with Gasteiger partial charge in [0, 0.05) is 19.3 Å². The highest BCUT2D eigenvalue weighted by molar-refractivity contribution is 8.07. The second-order valence-electron chi connectivity index (χ2n) is 10.2. The number of nitrogens with one attached hydrogen (secondary N) is 4. The maximum atomic E-state index is 15.4. The number of halogens is 2. The van der Waals surface area contributed by atoms with Gasteiger partial charge in [0.25, 0.3) is 0 Å². The topological polar surface area (TPSA) is 132 Å². The molecule has 4 rings (SSSR count). The van der Waals surface area contributed by atoms with Crippen LogP contribution in [0.2, 0.25) is 5.02 Å². The highest BCUT2D eigenvalue weighted by Crippen LogP contribution is 2.39. The zero-order chi connectivity index (χ0) is 28.3. The molecule has 0 unspecified atom stereocenters. The van der Waals surface area contributed by atoms with E-state index in [2.05, 4.69) is 37.9 Å². The summed E-state index contributed by atoms with van der Waals surface area (Å²) in [5.74, 6) is 0.494. The van der Waals surface area contributed by atoms with Gasteiger partial charge >= 0.3 is 0 Å². The van der Waals surface area contributed by atoms with Crippen LogP contribution in [0.1, 0.15) is 51.0 Å². The van der Waals surface area contributed by atoms with Gasteiger partial charge in [0.15, 0.2) is 20.7 Å². The minimum Gasteiger partial charge on any atom is -0.488 e. The number of piperidine rings is 1. The number of hydrogen-bond acceptors (Lipinski definition) is 10. The molecule has 0 radical (unpaired) electrons. The predicted molar refractivity (Wildman–Crippen MR) is 152 cm³/mol. The molecule has 13 heteroatoms. The van der Waals surface area contributed by atoms with E-state index < -0.39 is 20.1 Å². The number of likely N-dealkylation sites (tertiary alicyclic amines) is 1. The number of benzene rings is 1. The number of rotatable bonds is 10. The number of ether oxygens (including phenoxy) is 1. The van der Waals surface area contributed by atoms with Crippen molar-refractivity contribution < 1.29 is 17.5 Å². The third kappa shape index (κ3) is 6.98. The number of anilines is 3. The molecule has 1 aromatic heterocycles. The number of aromatic nitrogens is 2. The molecule has 212 valence electrons. The molecule has 1 aliphatic heterocycles. The van der Waals surface area contributed by atoms with E-state index in [1.54, 1.807) is 13.1 Å². The first-order valence-corrected chi connectivity index (χ1v) is 14.9. The Hall–Kier alpha value is -2.96. The molecule has 4 N–H and O–H groups in total. The van der Waals surface area contributed by atoms with Gasteiger partial charge in [-0.2, -0.15) is 4.98 Å². The van der Waals surface area contributed by atoms with Gasteiger partial charge in [-0.25, -0.2) is 17.8 Å². The average Bonchev–Trinajstić information content (AvgIpc) is 3.71. The van der Waals surface area contributed by atoms with Crippen molar-refractivity contribution in [2.45, 2.75) is 56.8 Å². The molecule has 0 bridgehead atoms. The zero-order valence-corrected chi connectivity index (χ0v) is 24.1. The maximum Gasteiger partial charge on any atom is 0.229 e. The Morgan fingerprint density at radius 2 is 1.95 bits per heavy atom. The Bertz CT molecular complexity index is 1360. The Morgan fingerprint density at radius 1 is 1.26 bits per heavy atom. The van der Waals surface area contributed by atoms with Crippen LogP contribution in [0.5, 0.6) is 5.75 Å². The van der Waals surface area contributed by atoms with Crippen molar-refractivity contribution in [3.63, 3.8) is 0 Å². The van der Waals surface area contributed by atoms with Crippen LogP contribution in [0.4, 0.5) is 21.8 Å². The van der Waals surface area contributed by atoms with E-state index in [1.807, 2.05) is 0 Å². The molecular formula is C26H35ClFN7O3S. The lowest BCUT2D eigenvalue weighted by Crippen LogP contribution is -2.29. The summed E-state index contributed by atoms with van der Waals surface area (Å²) in [5.41, 5.74) is 0.991.